The molecule has 0 saturated carbocycles. The summed E-state index contributed by atoms with van der Waals surface area (Å²) in [6.07, 6.45) is 0. The van der Waals surface area contributed by atoms with Crippen LogP contribution in [0.3, 0.4) is 0 Å². The Balaban J connectivity index is 3.02. The van der Waals surface area contributed by atoms with Crippen LogP contribution < -0.4 is 15.6 Å². The molecule has 0 radical (unpaired) electrons. The maximum absolute atomic E-state index is 10.5. The van der Waals surface area contributed by atoms with Gasteiger partial charge in [-0.1, -0.05) is 0 Å². The Labute approximate surface area is 80.7 Å². The van der Waals surface area contributed by atoms with Crippen LogP contribution in [0, 0.1) is 0 Å². The molecule has 1 aromatic carbocycles. The second-order valence-corrected chi connectivity index (χ2v) is 2.80. The van der Waals surface area contributed by atoms with Gasteiger partial charge in [-0.05, 0) is 18.2 Å². The van der Waals surface area contributed by atoms with E-state index in [2.05, 4.69) is 5.73 Å². The fourth-order valence-corrected chi connectivity index (χ4v) is 1.06. The van der Waals surface area contributed by atoms with Crippen LogP contribution in [-0.2, 0) is 4.79 Å². The monoisotopic (exact) mass is 197 g/mol. The molecule has 0 saturated heterocycles. The molecule has 0 spiro atoms. The molecule has 0 unspecified atom stereocenters. The molecule has 5 heteroatoms. The summed E-state index contributed by atoms with van der Waals surface area (Å²) < 4.78 is 4.81. The van der Waals surface area contributed by atoms with Crippen LogP contribution in [0.15, 0.2) is 18.2 Å². The van der Waals surface area contributed by atoms with Gasteiger partial charge in [0.05, 0.1) is 7.11 Å². The van der Waals surface area contributed by atoms with E-state index < -0.39 is 12.0 Å². The lowest BCUT2D eigenvalue weighted by Crippen LogP contribution is -2.60. The number of benzene rings is 1. The molecule has 5 nitrogen and oxygen atoms in total. The number of methoxy groups -OCH3 is 1. The van der Waals surface area contributed by atoms with Gasteiger partial charge < -0.3 is 25.5 Å². The summed E-state index contributed by atoms with van der Waals surface area (Å²) in [4.78, 5) is 10.5. The van der Waals surface area contributed by atoms with Gasteiger partial charge in [0, 0.05) is 5.56 Å². The Morgan fingerprint density at radius 3 is 2.71 bits per heavy atom. The third-order valence-electron chi connectivity index (χ3n) is 1.89. The second-order valence-electron chi connectivity index (χ2n) is 2.80. The van der Waals surface area contributed by atoms with Crippen molar-refractivity contribution in [1.82, 2.24) is 0 Å². The van der Waals surface area contributed by atoms with Crippen LogP contribution in [0.25, 0.3) is 0 Å². The van der Waals surface area contributed by atoms with Crippen molar-refractivity contribution >= 4 is 5.97 Å². The van der Waals surface area contributed by atoms with E-state index in [0.29, 0.717) is 11.3 Å². The van der Waals surface area contributed by atoms with Gasteiger partial charge in [0.15, 0.2) is 17.5 Å². The van der Waals surface area contributed by atoms with E-state index in [4.69, 9.17) is 4.74 Å². The number of aliphatic carboxylic acids is 1. The standard InChI is InChI=1S/C9H11NO4/c1-14-7-3-2-5(4-6(7)11)8(10)9(12)13/h2-4,8,11H,10H2,1H3,(H,12,13)/t8-/m1/s1. The fraction of sp³-hybridized carbons (Fsp3) is 0.222. The van der Waals surface area contributed by atoms with Gasteiger partial charge >= 0.3 is 0 Å². The Bertz CT molecular complexity index is 351. The number of carbonyl (C=O) groups excluding carboxylic acids is 1. The highest BCUT2D eigenvalue weighted by Gasteiger charge is 2.12. The summed E-state index contributed by atoms with van der Waals surface area (Å²) in [7, 11) is 1.41. The van der Waals surface area contributed by atoms with Crippen LogP contribution in [0.4, 0.5) is 0 Å². The number of phenols is 1. The first-order valence-electron chi connectivity index (χ1n) is 3.97. The molecule has 14 heavy (non-hydrogen) atoms. The molecule has 0 aliphatic heterocycles. The number of carboxylic acid groups (broad SMARTS) is 1. The number of hydrogen-bond donors (Lipinski definition) is 2. The first-order chi connectivity index (χ1) is 6.56. The normalized spacial score (nSPS) is 12.1. The molecule has 1 rings (SSSR count). The highest BCUT2D eigenvalue weighted by molar-refractivity contribution is 5.71. The molecule has 1 aromatic rings. The number of carboxylic acids is 1. The molecule has 0 bridgehead atoms. The summed E-state index contributed by atoms with van der Waals surface area (Å²) in [5.41, 5.74) is 3.77. The highest BCUT2D eigenvalue weighted by atomic mass is 16.5. The van der Waals surface area contributed by atoms with Gasteiger partial charge in [-0.15, -0.1) is 0 Å². The minimum Gasteiger partial charge on any atom is -0.544 e. The van der Waals surface area contributed by atoms with Crippen LogP contribution in [-0.4, -0.2) is 18.2 Å². The smallest absolute Gasteiger partial charge is 0.160 e. The van der Waals surface area contributed by atoms with E-state index >= 15 is 0 Å². The SMILES string of the molecule is COc1ccc([C@@H]([NH3+])C(=O)[O-])cc1O. The molecule has 0 aromatic heterocycles. The zero-order valence-corrected chi connectivity index (χ0v) is 7.69. The number of phenolic OH excluding ortho intramolecular Hbond substituents is 1. The summed E-state index contributed by atoms with van der Waals surface area (Å²) >= 11 is 0. The summed E-state index contributed by atoms with van der Waals surface area (Å²) in [6, 6.07) is 3.30. The Kier molecular flexibility index (Phi) is 2.93. The maximum Gasteiger partial charge on any atom is 0.160 e. The largest absolute Gasteiger partial charge is 0.544 e. The summed E-state index contributed by atoms with van der Waals surface area (Å²) in [6.45, 7) is 0. The van der Waals surface area contributed by atoms with E-state index in [1.54, 1.807) is 0 Å². The predicted octanol–water partition coefficient (Wildman–Crippen LogP) is -1.57. The topological polar surface area (TPSA) is 97.2 Å². The molecule has 0 amide bonds. The van der Waals surface area contributed by atoms with Crippen molar-refractivity contribution in [3.05, 3.63) is 23.8 Å². The van der Waals surface area contributed by atoms with Gasteiger partial charge in [0.25, 0.3) is 0 Å². The zero-order chi connectivity index (χ0) is 10.7. The molecule has 0 aliphatic carbocycles. The fourth-order valence-electron chi connectivity index (χ4n) is 1.06. The van der Waals surface area contributed by atoms with Crippen molar-refractivity contribution in [2.24, 2.45) is 0 Å². The van der Waals surface area contributed by atoms with Crippen LogP contribution in [0.1, 0.15) is 11.6 Å². The van der Waals surface area contributed by atoms with E-state index in [-0.39, 0.29) is 5.75 Å². The van der Waals surface area contributed by atoms with Gasteiger partial charge in [0.1, 0.15) is 5.97 Å². The average molecular weight is 197 g/mol. The second kappa shape index (κ2) is 3.97. The first kappa shape index (κ1) is 10.3. The third-order valence-corrected chi connectivity index (χ3v) is 1.89. The third kappa shape index (κ3) is 1.94. The Morgan fingerprint density at radius 2 is 2.29 bits per heavy atom. The number of carbonyl (C=O) groups is 1. The minimum absolute atomic E-state index is 0.111. The molecular formula is C9H11NO4. The highest BCUT2D eigenvalue weighted by Crippen LogP contribution is 2.27. The lowest BCUT2D eigenvalue weighted by molar-refractivity contribution is -0.443. The number of hydrogen-bond acceptors (Lipinski definition) is 4. The molecular weight excluding hydrogens is 186 g/mol. The number of aromatic hydroxyl groups is 1. The van der Waals surface area contributed by atoms with Crippen molar-refractivity contribution in [2.75, 3.05) is 7.11 Å². The van der Waals surface area contributed by atoms with Crippen molar-refractivity contribution in [1.29, 1.82) is 0 Å². The first-order valence-corrected chi connectivity index (χ1v) is 3.97. The average Bonchev–Trinajstić information content (AvgIpc) is 2.16. The van der Waals surface area contributed by atoms with Crippen molar-refractivity contribution in [3.8, 4) is 11.5 Å². The van der Waals surface area contributed by atoms with E-state index in [9.17, 15) is 15.0 Å². The van der Waals surface area contributed by atoms with Gasteiger partial charge in [-0.3, -0.25) is 0 Å². The molecule has 76 valence electrons. The molecule has 0 fully saturated rings. The van der Waals surface area contributed by atoms with Gasteiger partial charge in [0.2, 0.25) is 0 Å². The van der Waals surface area contributed by atoms with E-state index in [1.807, 2.05) is 0 Å². The predicted molar refractivity (Wildman–Crippen MR) is 45.3 cm³/mol. The zero-order valence-electron chi connectivity index (χ0n) is 7.69. The lowest BCUT2D eigenvalue weighted by atomic mass is 10.1. The number of rotatable bonds is 3. The molecule has 0 aliphatic rings. The number of quaternary nitrogens is 1. The minimum atomic E-state index is -1.28. The lowest BCUT2D eigenvalue weighted by Gasteiger charge is -2.11. The molecule has 0 heterocycles. The summed E-state index contributed by atoms with van der Waals surface area (Å²) in [5.74, 6) is -1.10. The van der Waals surface area contributed by atoms with Crippen molar-refractivity contribution < 1.29 is 25.5 Å². The van der Waals surface area contributed by atoms with Crippen molar-refractivity contribution in [2.45, 2.75) is 6.04 Å². The van der Waals surface area contributed by atoms with Crippen LogP contribution in [0.2, 0.25) is 0 Å². The molecule has 1 atom stereocenters. The van der Waals surface area contributed by atoms with Gasteiger partial charge in [-0.25, -0.2) is 0 Å². The maximum atomic E-state index is 10.5. The Morgan fingerprint density at radius 1 is 1.64 bits per heavy atom. The van der Waals surface area contributed by atoms with E-state index in [0.717, 1.165) is 0 Å². The van der Waals surface area contributed by atoms with Crippen LogP contribution in [0.5, 0.6) is 11.5 Å². The van der Waals surface area contributed by atoms with Gasteiger partial charge in [-0.2, -0.15) is 0 Å². The van der Waals surface area contributed by atoms with E-state index in [1.165, 1.54) is 25.3 Å². The van der Waals surface area contributed by atoms with Crippen LogP contribution >= 0.6 is 0 Å². The summed E-state index contributed by atoms with van der Waals surface area (Å²) in [5, 5.41) is 19.8. The Hall–Kier alpha value is -1.75. The number of ether oxygens (including phenoxy) is 1. The quantitative estimate of drug-likeness (QED) is 0.612. The molecule has 4 N–H and O–H groups in total. The van der Waals surface area contributed by atoms with Crippen molar-refractivity contribution in [3.63, 3.8) is 0 Å².